The fourth-order valence-corrected chi connectivity index (χ4v) is 5.71. The van der Waals surface area contributed by atoms with Gasteiger partial charge in [0.05, 0.1) is 5.69 Å². The van der Waals surface area contributed by atoms with E-state index in [-0.39, 0.29) is 23.3 Å². The molecule has 8 nitrogen and oxygen atoms in total. The average Bonchev–Trinajstić information content (AvgIpc) is 3.44. The van der Waals surface area contributed by atoms with Crippen LogP contribution in [0.3, 0.4) is 0 Å². The van der Waals surface area contributed by atoms with Crippen molar-refractivity contribution >= 4 is 33.6 Å². The normalized spacial score (nSPS) is 24.8. The van der Waals surface area contributed by atoms with Gasteiger partial charge in [-0.3, -0.25) is 15.1 Å². The smallest absolute Gasteiger partial charge is 0.322 e. The Morgan fingerprint density at radius 3 is 2.71 bits per heavy atom. The SMILES string of the molecule is O=C1NC(=O)C2(CCC(CNS(=O)(=O)c3ccc(C4=Cc5ccccc5C4)nc3)C2)N1. The van der Waals surface area contributed by atoms with E-state index in [1.807, 2.05) is 12.1 Å². The molecule has 0 radical (unpaired) electrons. The van der Waals surface area contributed by atoms with Gasteiger partial charge in [-0.2, -0.15) is 0 Å². The first-order valence-corrected chi connectivity index (χ1v) is 11.7. The number of aromatic nitrogens is 1. The molecule has 1 saturated heterocycles. The Hall–Kier alpha value is -3.04. The molecule has 2 unspecified atom stereocenters. The molecule has 1 aliphatic heterocycles. The maximum atomic E-state index is 12.7. The molecule has 2 fully saturated rings. The highest BCUT2D eigenvalue weighted by molar-refractivity contribution is 7.89. The largest absolute Gasteiger partial charge is 0.323 e. The van der Waals surface area contributed by atoms with Crippen molar-refractivity contribution in [1.82, 2.24) is 20.3 Å². The number of nitrogens with one attached hydrogen (secondary N) is 3. The number of pyridine rings is 1. The predicted octanol–water partition coefficient (Wildman–Crippen LogP) is 1.83. The molecule has 1 saturated carbocycles. The number of carbonyl (C=O) groups excluding carboxylic acids is 2. The molecule has 2 aromatic rings. The van der Waals surface area contributed by atoms with Gasteiger partial charge in [-0.25, -0.2) is 17.9 Å². The third-order valence-corrected chi connectivity index (χ3v) is 7.74. The molecule has 3 aliphatic rings. The molecule has 1 aromatic heterocycles. The highest BCUT2D eigenvalue weighted by Crippen LogP contribution is 2.36. The molecule has 9 heteroatoms. The van der Waals surface area contributed by atoms with E-state index in [1.54, 1.807) is 12.1 Å². The van der Waals surface area contributed by atoms with Crippen molar-refractivity contribution in [3.8, 4) is 0 Å². The number of nitrogens with zero attached hydrogens (tertiary/aromatic N) is 1. The van der Waals surface area contributed by atoms with Crippen LogP contribution in [-0.4, -0.2) is 37.4 Å². The molecule has 160 valence electrons. The van der Waals surface area contributed by atoms with Gasteiger partial charge >= 0.3 is 6.03 Å². The van der Waals surface area contributed by atoms with Crippen molar-refractivity contribution in [2.45, 2.75) is 36.1 Å². The molecule has 2 atom stereocenters. The van der Waals surface area contributed by atoms with Crippen molar-refractivity contribution in [2.24, 2.45) is 5.92 Å². The van der Waals surface area contributed by atoms with Crippen molar-refractivity contribution in [1.29, 1.82) is 0 Å². The number of urea groups is 1. The molecule has 3 amide bonds. The van der Waals surface area contributed by atoms with Crippen LogP contribution in [0.5, 0.6) is 0 Å². The number of amides is 3. The molecule has 1 aromatic carbocycles. The van der Waals surface area contributed by atoms with E-state index >= 15 is 0 Å². The minimum Gasteiger partial charge on any atom is -0.323 e. The van der Waals surface area contributed by atoms with Gasteiger partial charge in [0.15, 0.2) is 0 Å². The lowest BCUT2D eigenvalue weighted by molar-refractivity contribution is -0.123. The highest BCUT2D eigenvalue weighted by atomic mass is 32.2. The molecular weight excluding hydrogens is 416 g/mol. The summed E-state index contributed by atoms with van der Waals surface area (Å²) < 4.78 is 28.1. The van der Waals surface area contributed by atoms with Crippen LogP contribution < -0.4 is 15.4 Å². The predicted molar refractivity (Wildman–Crippen MR) is 114 cm³/mol. The highest BCUT2D eigenvalue weighted by Gasteiger charge is 2.50. The van der Waals surface area contributed by atoms with E-state index in [1.165, 1.54) is 17.3 Å². The monoisotopic (exact) mass is 438 g/mol. The van der Waals surface area contributed by atoms with Gasteiger partial charge in [0.1, 0.15) is 10.4 Å². The lowest BCUT2D eigenvalue weighted by Crippen LogP contribution is -2.44. The first-order valence-electron chi connectivity index (χ1n) is 10.2. The van der Waals surface area contributed by atoms with Crippen LogP contribution in [-0.2, 0) is 21.2 Å². The zero-order chi connectivity index (χ0) is 21.6. The maximum Gasteiger partial charge on any atom is 0.322 e. The number of allylic oxidation sites excluding steroid dienone is 1. The summed E-state index contributed by atoms with van der Waals surface area (Å²) in [4.78, 5) is 28.0. The summed E-state index contributed by atoms with van der Waals surface area (Å²) in [6.45, 7) is 0.204. The number of sulfonamides is 1. The molecule has 2 aliphatic carbocycles. The zero-order valence-electron chi connectivity index (χ0n) is 16.7. The Kier molecular flexibility index (Phi) is 4.67. The van der Waals surface area contributed by atoms with Crippen molar-refractivity contribution in [3.63, 3.8) is 0 Å². The van der Waals surface area contributed by atoms with Gasteiger partial charge in [0.25, 0.3) is 5.91 Å². The summed E-state index contributed by atoms with van der Waals surface area (Å²) in [7, 11) is -3.72. The Balaban J connectivity index is 1.23. The Morgan fingerprint density at radius 2 is 2.00 bits per heavy atom. The third-order valence-electron chi connectivity index (χ3n) is 6.33. The summed E-state index contributed by atoms with van der Waals surface area (Å²) in [5, 5.41) is 4.95. The number of hydrogen-bond acceptors (Lipinski definition) is 5. The maximum absolute atomic E-state index is 12.7. The summed E-state index contributed by atoms with van der Waals surface area (Å²) in [5.74, 6) is -0.362. The lowest BCUT2D eigenvalue weighted by Gasteiger charge is -2.19. The van der Waals surface area contributed by atoms with Crippen molar-refractivity contribution in [3.05, 3.63) is 59.4 Å². The molecular formula is C22H22N4O4S. The molecule has 3 N–H and O–H groups in total. The molecule has 0 bridgehead atoms. The number of imide groups is 1. The minimum absolute atomic E-state index is 0.0340. The van der Waals surface area contributed by atoms with Crippen LogP contribution in [0, 0.1) is 5.92 Å². The number of carbonyl (C=O) groups is 2. The number of hydrogen-bond donors (Lipinski definition) is 3. The Bertz CT molecular complexity index is 1210. The molecule has 31 heavy (non-hydrogen) atoms. The van der Waals surface area contributed by atoms with E-state index in [0.717, 1.165) is 17.7 Å². The summed E-state index contributed by atoms with van der Waals surface area (Å²) >= 11 is 0. The Morgan fingerprint density at radius 1 is 1.16 bits per heavy atom. The van der Waals surface area contributed by atoms with E-state index in [2.05, 4.69) is 38.5 Å². The van der Waals surface area contributed by atoms with Crippen LogP contribution in [0.4, 0.5) is 4.79 Å². The van der Waals surface area contributed by atoms with Crippen LogP contribution in [0.25, 0.3) is 11.6 Å². The second kappa shape index (κ2) is 7.28. The zero-order valence-corrected chi connectivity index (χ0v) is 17.5. The first kappa shape index (κ1) is 19.9. The van der Waals surface area contributed by atoms with E-state index in [9.17, 15) is 18.0 Å². The molecule has 5 rings (SSSR count). The number of fused-ring (bicyclic) bond motifs is 1. The van der Waals surface area contributed by atoms with Crippen molar-refractivity contribution < 1.29 is 18.0 Å². The number of benzene rings is 1. The Labute approximate surface area is 180 Å². The van der Waals surface area contributed by atoms with Crippen LogP contribution in [0.15, 0.2) is 47.5 Å². The van der Waals surface area contributed by atoms with Gasteiger partial charge in [-0.1, -0.05) is 24.3 Å². The van der Waals surface area contributed by atoms with Crippen LogP contribution >= 0.6 is 0 Å². The second-order valence-electron chi connectivity index (χ2n) is 8.38. The van der Waals surface area contributed by atoms with Gasteiger partial charge in [0, 0.05) is 19.2 Å². The standard InChI is InChI=1S/C22H22N4O4S/c27-20-22(26-21(28)25-20)8-7-14(11-22)12-24-31(29,30)18-5-6-19(23-13-18)17-9-15-3-1-2-4-16(15)10-17/h1-6,9,13-14,24H,7-8,10-12H2,(H2,25,26,27,28). The lowest BCUT2D eigenvalue weighted by atomic mass is 9.96. The van der Waals surface area contributed by atoms with Gasteiger partial charge in [-0.15, -0.1) is 0 Å². The summed E-state index contributed by atoms with van der Waals surface area (Å²) in [6.07, 6.45) is 5.81. The first-order chi connectivity index (χ1) is 14.8. The van der Waals surface area contributed by atoms with Crippen LogP contribution in [0.1, 0.15) is 36.1 Å². The van der Waals surface area contributed by atoms with Gasteiger partial charge in [-0.05, 0) is 60.1 Å². The number of rotatable bonds is 5. The summed E-state index contributed by atoms with van der Waals surface area (Å²) in [5.41, 5.74) is 3.32. The fraction of sp³-hybridized carbons (Fsp3) is 0.318. The second-order valence-corrected chi connectivity index (χ2v) is 10.1. The fourth-order valence-electron chi connectivity index (χ4n) is 4.65. The quantitative estimate of drug-likeness (QED) is 0.616. The van der Waals surface area contributed by atoms with E-state index in [0.29, 0.717) is 19.3 Å². The third kappa shape index (κ3) is 3.64. The summed E-state index contributed by atoms with van der Waals surface area (Å²) in [6, 6.07) is 10.9. The topological polar surface area (TPSA) is 117 Å². The minimum atomic E-state index is -3.72. The van der Waals surface area contributed by atoms with Gasteiger partial charge < -0.3 is 5.32 Å². The molecule has 2 heterocycles. The van der Waals surface area contributed by atoms with Gasteiger partial charge in [0.2, 0.25) is 10.0 Å². The van der Waals surface area contributed by atoms with E-state index in [4.69, 9.17) is 0 Å². The van der Waals surface area contributed by atoms with Crippen molar-refractivity contribution in [2.75, 3.05) is 6.54 Å². The average molecular weight is 439 g/mol. The van der Waals surface area contributed by atoms with E-state index < -0.39 is 21.6 Å². The van der Waals surface area contributed by atoms with Crippen LogP contribution in [0.2, 0.25) is 0 Å². The molecule has 1 spiro atoms.